The summed E-state index contributed by atoms with van der Waals surface area (Å²) in [5, 5.41) is 4.47. The first-order valence-electron chi connectivity index (χ1n) is 7.29. The third-order valence-electron chi connectivity index (χ3n) is 4.01. The molecule has 0 saturated heterocycles. The molecule has 1 heterocycles. The van der Waals surface area contributed by atoms with Gasteiger partial charge in [0.15, 0.2) is 0 Å². The number of hydrogen-bond donors (Lipinski definition) is 1. The number of halogens is 1. The van der Waals surface area contributed by atoms with Gasteiger partial charge in [-0.3, -0.25) is 4.79 Å². The maximum absolute atomic E-state index is 12.3. The molecule has 0 aromatic carbocycles. The van der Waals surface area contributed by atoms with Crippen molar-refractivity contribution >= 4 is 17.3 Å². The monoisotopic (exact) mass is 313 g/mol. The van der Waals surface area contributed by atoms with Crippen LogP contribution in [0.25, 0.3) is 0 Å². The molecule has 0 bridgehead atoms. The van der Waals surface area contributed by atoms with Crippen LogP contribution in [0, 0.1) is 5.92 Å². The molecule has 1 saturated carbocycles. The van der Waals surface area contributed by atoms with Crippen LogP contribution in [0.1, 0.15) is 12.8 Å². The molecule has 6 nitrogen and oxygen atoms in total. The van der Waals surface area contributed by atoms with E-state index in [-0.39, 0.29) is 16.6 Å². The van der Waals surface area contributed by atoms with Crippen molar-refractivity contribution in [1.82, 2.24) is 14.7 Å². The number of hydrogen-bond acceptors (Lipinski definition) is 5. The van der Waals surface area contributed by atoms with Crippen LogP contribution in [0.5, 0.6) is 0 Å². The first-order chi connectivity index (χ1) is 9.95. The highest BCUT2D eigenvalue weighted by Crippen LogP contribution is 2.36. The maximum Gasteiger partial charge on any atom is 0.287 e. The summed E-state index contributed by atoms with van der Waals surface area (Å²) >= 11 is 6.27. The molecule has 0 amide bonds. The van der Waals surface area contributed by atoms with Crippen LogP contribution >= 0.6 is 11.6 Å². The summed E-state index contributed by atoms with van der Waals surface area (Å²) in [5.41, 5.74) is 6.29. The molecule has 118 valence electrons. The normalized spacial score (nSPS) is 16.3. The van der Waals surface area contributed by atoms with Gasteiger partial charge in [-0.15, -0.1) is 0 Å². The Morgan fingerprint density at radius 3 is 2.67 bits per heavy atom. The van der Waals surface area contributed by atoms with Crippen LogP contribution in [0.15, 0.2) is 11.0 Å². The standard InChI is InChI=1S/C14H24ClN5O/c1-18(2)6-7-20-14(21)13(15)12(9-17-20)19(3)11(8-16)10-4-5-10/h9-11H,4-8,16H2,1-3H3. The molecule has 0 radical (unpaired) electrons. The number of nitrogens with two attached hydrogens (primary N) is 1. The van der Waals surface area contributed by atoms with E-state index in [1.165, 1.54) is 17.5 Å². The van der Waals surface area contributed by atoms with E-state index in [1.54, 1.807) is 6.20 Å². The molecular weight excluding hydrogens is 290 g/mol. The lowest BCUT2D eigenvalue weighted by molar-refractivity contribution is 0.367. The van der Waals surface area contributed by atoms with E-state index < -0.39 is 0 Å². The third kappa shape index (κ3) is 3.75. The Kier molecular flexibility index (Phi) is 5.24. The molecule has 21 heavy (non-hydrogen) atoms. The van der Waals surface area contributed by atoms with Crippen molar-refractivity contribution in [3.8, 4) is 0 Å². The van der Waals surface area contributed by atoms with E-state index in [0.717, 1.165) is 6.54 Å². The zero-order valence-corrected chi connectivity index (χ0v) is 13.7. The quantitative estimate of drug-likeness (QED) is 0.800. The smallest absolute Gasteiger partial charge is 0.287 e. The molecule has 1 aliphatic rings. The van der Waals surface area contributed by atoms with Gasteiger partial charge in [0.05, 0.1) is 18.4 Å². The molecule has 1 fully saturated rings. The molecule has 1 aromatic heterocycles. The van der Waals surface area contributed by atoms with Crippen molar-refractivity contribution < 1.29 is 0 Å². The average molecular weight is 314 g/mol. The van der Waals surface area contributed by atoms with E-state index in [0.29, 0.717) is 24.7 Å². The number of likely N-dealkylation sites (N-methyl/N-ethyl adjacent to an activating group) is 2. The van der Waals surface area contributed by atoms with E-state index >= 15 is 0 Å². The Balaban J connectivity index is 2.21. The lowest BCUT2D eigenvalue weighted by Gasteiger charge is -2.29. The molecule has 0 spiro atoms. The fourth-order valence-corrected chi connectivity index (χ4v) is 2.76. The van der Waals surface area contributed by atoms with Gasteiger partial charge in [-0.05, 0) is 32.9 Å². The lowest BCUT2D eigenvalue weighted by Crippen LogP contribution is -2.41. The van der Waals surface area contributed by atoms with Gasteiger partial charge in [-0.1, -0.05) is 11.6 Å². The molecule has 1 aliphatic carbocycles. The number of aromatic nitrogens is 2. The minimum Gasteiger partial charge on any atom is -0.367 e. The predicted molar refractivity (Wildman–Crippen MR) is 86.0 cm³/mol. The summed E-state index contributed by atoms with van der Waals surface area (Å²) < 4.78 is 1.41. The van der Waals surface area contributed by atoms with Gasteiger partial charge in [-0.2, -0.15) is 5.10 Å². The Hall–Kier alpha value is -1.11. The molecule has 1 unspecified atom stereocenters. The highest BCUT2D eigenvalue weighted by atomic mass is 35.5. The largest absolute Gasteiger partial charge is 0.367 e. The van der Waals surface area contributed by atoms with Crippen LogP contribution in [0.2, 0.25) is 5.02 Å². The number of nitrogens with zero attached hydrogens (tertiary/aromatic N) is 4. The highest BCUT2D eigenvalue weighted by molar-refractivity contribution is 6.33. The lowest BCUT2D eigenvalue weighted by atomic mass is 10.1. The van der Waals surface area contributed by atoms with Gasteiger partial charge in [-0.25, -0.2) is 4.68 Å². The SMILES string of the molecule is CN(C)CCn1ncc(N(C)C(CN)C2CC2)c(Cl)c1=O. The van der Waals surface area contributed by atoms with Crippen LogP contribution in [-0.4, -0.2) is 55.0 Å². The van der Waals surface area contributed by atoms with Crippen LogP contribution in [0.4, 0.5) is 5.69 Å². The van der Waals surface area contributed by atoms with Gasteiger partial charge in [0.25, 0.3) is 5.56 Å². The molecule has 1 atom stereocenters. The fraction of sp³-hybridized carbons (Fsp3) is 0.714. The molecule has 1 aromatic rings. The molecule has 0 aliphatic heterocycles. The van der Waals surface area contributed by atoms with Gasteiger partial charge < -0.3 is 15.5 Å². The van der Waals surface area contributed by atoms with E-state index in [9.17, 15) is 4.79 Å². The Morgan fingerprint density at radius 2 is 2.14 bits per heavy atom. The second kappa shape index (κ2) is 6.77. The van der Waals surface area contributed by atoms with Crippen molar-refractivity contribution in [2.24, 2.45) is 11.7 Å². The first kappa shape index (κ1) is 16.3. The molecule has 2 rings (SSSR count). The van der Waals surface area contributed by atoms with Crippen molar-refractivity contribution in [2.45, 2.75) is 25.4 Å². The third-order valence-corrected chi connectivity index (χ3v) is 4.37. The van der Waals surface area contributed by atoms with E-state index in [4.69, 9.17) is 17.3 Å². The van der Waals surface area contributed by atoms with Crippen molar-refractivity contribution in [3.63, 3.8) is 0 Å². The van der Waals surface area contributed by atoms with Crippen LogP contribution in [-0.2, 0) is 6.54 Å². The van der Waals surface area contributed by atoms with Crippen molar-refractivity contribution in [2.75, 3.05) is 39.1 Å². The molecule has 7 heteroatoms. The second-order valence-corrected chi connectivity index (χ2v) is 6.30. The fourth-order valence-electron chi connectivity index (χ4n) is 2.48. The Labute approximate surface area is 130 Å². The minimum atomic E-state index is -0.241. The molecular formula is C14H24ClN5O. The maximum atomic E-state index is 12.3. The average Bonchev–Trinajstić information content (AvgIpc) is 3.25. The minimum absolute atomic E-state index is 0.223. The number of anilines is 1. The first-order valence-corrected chi connectivity index (χ1v) is 7.66. The topological polar surface area (TPSA) is 67.4 Å². The van der Waals surface area contributed by atoms with Crippen LogP contribution in [0.3, 0.4) is 0 Å². The van der Waals surface area contributed by atoms with Gasteiger partial charge in [0.1, 0.15) is 5.02 Å². The molecule has 2 N–H and O–H groups in total. The Bertz CT molecular complexity index is 541. The number of rotatable bonds is 7. The predicted octanol–water partition coefficient (Wildman–Crippen LogP) is 0.632. The van der Waals surface area contributed by atoms with E-state index in [1.807, 2.05) is 30.9 Å². The second-order valence-electron chi connectivity index (χ2n) is 5.93. The Morgan fingerprint density at radius 1 is 1.48 bits per heavy atom. The summed E-state index contributed by atoms with van der Waals surface area (Å²) in [6, 6.07) is 0.223. The summed E-state index contributed by atoms with van der Waals surface area (Å²) in [7, 11) is 5.84. The summed E-state index contributed by atoms with van der Waals surface area (Å²) in [6.07, 6.45) is 4.05. The van der Waals surface area contributed by atoms with Gasteiger partial charge in [0, 0.05) is 26.2 Å². The summed E-state index contributed by atoms with van der Waals surface area (Å²) in [4.78, 5) is 16.3. The van der Waals surface area contributed by atoms with E-state index in [2.05, 4.69) is 5.10 Å². The summed E-state index contributed by atoms with van der Waals surface area (Å²) in [6.45, 7) is 1.83. The summed E-state index contributed by atoms with van der Waals surface area (Å²) in [5.74, 6) is 0.604. The van der Waals surface area contributed by atoms with Gasteiger partial charge >= 0.3 is 0 Å². The zero-order chi connectivity index (χ0) is 15.6. The van der Waals surface area contributed by atoms with Crippen molar-refractivity contribution in [1.29, 1.82) is 0 Å². The van der Waals surface area contributed by atoms with Crippen molar-refractivity contribution in [3.05, 3.63) is 21.6 Å². The van der Waals surface area contributed by atoms with Crippen LogP contribution < -0.4 is 16.2 Å². The van der Waals surface area contributed by atoms with Gasteiger partial charge in [0.2, 0.25) is 0 Å². The highest BCUT2D eigenvalue weighted by Gasteiger charge is 2.34. The zero-order valence-electron chi connectivity index (χ0n) is 12.9.